The molecule has 2 rings (SSSR count). The number of carbonyl (C=O) groups is 5. The molecule has 6 N–H and O–H groups in total. The number of likely N-dealkylation sites (tertiary alicyclic amines) is 1. The van der Waals surface area contributed by atoms with Crippen LogP contribution in [0.3, 0.4) is 0 Å². The van der Waals surface area contributed by atoms with Crippen molar-refractivity contribution in [3.8, 4) is 0 Å². The standard InChI is InChI=1S/C23H33N5O6/c1-13(2)11-17(21(31)26-14(3)23(33)34)27-22(32)18-5-4-10-28(18)19(29)12-25-20(30)15-6-8-16(24)9-7-15/h6-9,13-14,17-18H,4-5,10-12,24H2,1-3H3,(H,25,30)(H,26,31)(H,27,32)(H,33,34)/t14-,17-,18+/m1/s1. The number of nitrogens with zero attached hydrogens (tertiary/aromatic N) is 1. The fourth-order valence-corrected chi connectivity index (χ4v) is 3.68. The number of nitrogens with one attached hydrogen (secondary N) is 3. The Morgan fingerprint density at radius 2 is 1.74 bits per heavy atom. The molecule has 0 radical (unpaired) electrons. The maximum Gasteiger partial charge on any atom is 0.325 e. The first-order valence-corrected chi connectivity index (χ1v) is 11.3. The maximum atomic E-state index is 13.0. The third-order valence-corrected chi connectivity index (χ3v) is 5.52. The van der Waals surface area contributed by atoms with E-state index >= 15 is 0 Å². The Kier molecular flexibility index (Phi) is 9.40. The molecule has 1 saturated heterocycles. The number of rotatable bonds is 10. The third-order valence-electron chi connectivity index (χ3n) is 5.52. The Morgan fingerprint density at radius 1 is 1.09 bits per heavy atom. The van der Waals surface area contributed by atoms with E-state index in [9.17, 15) is 24.0 Å². The van der Waals surface area contributed by atoms with E-state index in [4.69, 9.17) is 10.8 Å². The summed E-state index contributed by atoms with van der Waals surface area (Å²) >= 11 is 0. The van der Waals surface area contributed by atoms with Gasteiger partial charge in [0, 0.05) is 17.8 Å². The molecule has 1 aromatic rings. The lowest BCUT2D eigenvalue weighted by Gasteiger charge is -2.27. The molecule has 4 amide bonds. The van der Waals surface area contributed by atoms with Crippen molar-refractivity contribution in [1.29, 1.82) is 0 Å². The monoisotopic (exact) mass is 475 g/mol. The number of benzene rings is 1. The van der Waals surface area contributed by atoms with Crippen molar-refractivity contribution in [3.63, 3.8) is 0 Å². The molecule has 1 aliphatic rings. The Labute approximate surface area is 198 Å². The predicted octanol–water partition coefficient (Wildman–Crippen LogP) is 0.110. The molecule has 1 heterocycles. The number of hydrogen-bond donors (Lipinski definition) is 5. The highest BCUT2D eigenvalue weighted by molar-refractivity contribution is 5.98. The van der Waals surface area contributed by atoms with Gasteiger partial charge in [-0.1, -0.05) is 13.8 Å². The topological polar surface area (TPSA) is 171 Å². The minimum atomic E-state index is -1.18. The summed E-state index contributed by atoms with van der Waals surface area (Å²) in [4.78, 5) is 63.0. The van der Waals surface area contributed by atoms with Gasteiger partial charge >= 0.3 is 5.97 Å². The maximum absolute atomic E-state index is 13.0. The number of anilines is 1. The summed E-state index contributed by atoms with van der Waals surface area (Å²) in [6.07, 6.45) is 1.33. The lowest BCUT2D eigenvalue weighted by atomic mass is 10.0. The number of carboxylic acids is 1. The lowest BCUT2D eigenvalue weighted by molar-refractivity contribution is -0.142. The van der Waals surface area contributed by atoms with Gasteiger partial charge in [-0.3, -0.25) is 24.0 Å². The number of nitrogens with two attached hydrogens (primary N) is 1. The molecule has 0 bridgehead atoms. The van der Waals surface area contributed by atoms with Crippen molar-refractivity contribution in [3.05, 3.63) is 29.8 Å². The average Bonchev–Trinajstić information content (AvgIpc) is 3.27. The predicted molar refractivity (Wildman–Crippen MR) is 125 cm³/mol. The van der Waals surface area contributed by atoms with E-state index in [1.54, 1.807) is 24.3 Å². The molecule has 11 nitrogen and oxygen atoms in total. The average molecular weight is 476 g/mol. The Hall–Kier alpha value is -3.63. The fraction of sp³-hybridized carbons (Fsp3) is 0.522. The quantitative estimate of drug-likeness (QED) is 0.299. The van der Waals surface area contributed by atoms with Crippen LogP contribution in [0.2, 0.25) is 0 Å². The minimum absolute atomic E-state index is 0.0565. The molecule has 0 unspecified atom stereocenters. The van der Waals surface area contributed by atoms with Gasteiger partial charge in [0.15, 0.2) is 0 Å². The summed E-state index contributed by atoms with van der Waals surface area (Å²) in [7, 11) is 0. The van der Waals surface area contributed by atoms with Crippen LogP contribution in [0.15, 0.2) is 24.3 Å². The van der Waals surface area contributed by atoms with Crippen molar-refractivity contribution >= 4 is 35.3 Å². The molecule has 1 fully saturated rings. The van der Waals surface area contributed by atoms with E-state index in [1.165, 1.54) is 11.8 Å². The third kappa shape index (κ3) is 7.46. The van der Waals surface area contributed by atoms with E-state index in [-0.39, 0.29) is 12.5 Å². The zero-order chi connectivity index (χ0) is 25.4. The van der Waals surface area contributed by atoms with Gasteiger partial charge in [0.1, 0.15) is 18.1 Å². The van der Waals surface area contributed by atoms with Crippen molar-refractivity contribution in [1.82, 2.24) is 20.9 Å². The molecule has 0 aliphatic carbocycles. The number of amides is 4. The van der Waals surface area contributed by atoms with E-state index in [1.807, 2.05) is 13.8 Å². The van der Waals surface area contributed by atoms with Gasteiger partial charge < -0.3 is 31.7 Å². The molecule has 1 aliphatic heterocycles. The Bertz CT molecular complexity index is 917. The fourth-order valence-electron chi connectivity index (χ4n) is 3.68. The van der Waals surface area contributed by atoms with E-state index in [2.05, 4.69) is 16.0 Å². The van der Waals surface area contributed by atoms with E-state index in [0.29, 0.717) is 37.1 Å². The second-order valence-electron chi connectivity index (χ2n) is 8.81. The molecule has 0 saturated carbocycles. The van der Waals surface area contributed by atoms with Gasteiger partial charge in [0.25, 0.3) is 5.91 Å². The van der Waals surface area contributed by atoms with Gasteiger partial charge in [-0.05, 0) is 56.4 Å². The Morgan fingerprint density at radius 3 is 2.32 bits per heavy atom. The van der Waals surface area contributed by atoms with E-state index < -0.39 is 47.7 Å². The first-order valence-electron chi connectivity index (χ1n) is 11.3. The van der Waals surface area contributed by atoms with Gasteiger partial charge in [0.2, 0.25) is 17.7 Å². The molecule has 34 heavy (non-hydrogen) atoms. The zero-order valence-electron chi connectivity index (χ0n) is 19.7. The number of carboxylic acid groups (broad SMARTS) is 1. The van der Waals surface area contributed by atoms with Gasteiger partial charge in [-0.25, -0.2) is 0 Å². The summed E-state index contributed by atoms with van der Waals surface area (Å²) in [6.45, 7) is 5.17. The van der Waals surface area contributed by atoms with Crippen LogP contribution in [-0.2, 0) is 19.2 Å². The minimum Gasteiger partial charge on any atom is -0.480 e. The zero-order valence-corrected chi connectivity index (χ0v) is 19.7. The van der Waals surface area contributed by atoms with Gasteiger partial charge in [-0.2, -0.15) is 0 Å². The second kappa shape index (κ2) is 12.0. The molecule has 0 aromatic heterocycles. The van der Waals surface area contributed by atoms with Crippen LogP contribution in [0.5, 0.6) is 0 Å². The highest BCUT2D eigenvalue weighted by atomic mass is 16.4. The number of nitrogen functional groups attached to an aromatic ring is 1. The summed E-state index contributed by atoms with van der Waals surface area (Å²) in [5, 5.41) is 16.6. The highest BCUT2D eigenvalue weighted by Gasteiger charge is 2.36. The van der Waals surface area contributed by atoms with Crippen LogP contribution >= 0.6 is 0 Å². The van der Waals surface area contributed by atoms with E-state index in [0.717, 1.165) is 0 Å². The first-order chi connectivity index (χ1) is 16.0. The lowest BCUT2D eigenvalue weighted by Crippen LogP contribution is -2.55. The first kappa shape index (κ1) is 26.6. The summed E-state index contributed by atoms with van der Waals surface area (Å²) in [6, 6.07) is 3.45. The molecule has 11 heteroatoms. The molecular formula is C23H33N5O6. The molecule has 3 atom stereocenters. The largest absolute Gasteiger partial charge is 0.480 e. The van der Waals surface area contributed by atoms with Crippen molar-refractivity contribution in [2.24, 2.45) is 5.92 Å². The van der Waals surface area contributed by atoms with Crippen molar-refractivity contribution in [2.75, 3.05) is 18.8 Å². The van der Waals surface area contributed by atoms with Gasteiger partial charge in [0.05, 0.1) is 6.54 Å². The summed E-state index contributed by atoms with van der Waals surface area (Å²) in [5.74, 6) is -3.05. The highest BCUT2D eigenvalue weighted by Crippen LogP contribution is 2.18. The second-order valence-corrected chi connectivity index (χ2v) is 8.81. The number of hydrogen-bond acceptors (Lipinski definition) is 6. The number of carbonyl (C=O) groups excluding carboxylic acids is 4. The van der Waals surface area contributed by atoms with Crippen LogP contribution in [0.1, 0.15) is 50.4 Å². The van der Waals surface area contributed by atoms with Crippen molar-refractivity contribution < 1.29 is 29.1 Å². The van der Waals surface area contributed by atoms with Crippen LogP contribution in [0, 0.1) is 5.92 Å². The smallest absolute Gasteiger partial charge is 0.325 e. The van der Waals surface area contributed by atoms with Crippen LogP contribution in [-0.4, -0.2) is 70.8 Å². The summed E-state index contributed by atoms with van der Waals surface area (Å²) in [5.41, 5.74) is 6.48. The molecule has 186 valence electrons. The van der Waals surface area contributed by atoms with Crippen LogP contribution in [0.25, 0.3) is 0 Å². The molecular weight excluding hydrogens is 442 g/mol. The van der Waals surface area contributed by atoms with Gasteiger partial charge in [-0.15, -0.1) is 0 Å². The SMILES string of the molecule is CC(C)C[C@@H](NC(=O)[C@@H]1CCCN1C(=O)CNC(=O)c1ccc(N)cc1)C(=O)N[C@H](C)C(=O)O. The normalized spacial score (nSPS) is 17.1. The molecule has 0 spiro atoms. The van der Waals surface area contributed by atoms with Crippen molar-refractivity contribution in [2.45, 2.75) is 58.2 Å². The summed E-state index contributed by atoms with van der Waals surface area (Å²) < 4.78 is 0. The molecule has 1 aromatic carbocycles. The van der Waals surface area contributed by atoms with Crippen LogP contribution < -0.4 is 21.7 Å². The number of aliphatic carboxylic acids is 1. The van der Waals surface area contributed by atoms with Crippen LogP contribution in [0.4, 0.5) is 5.69 Å². The Balaban J connectivity index is 1.99.